The number of thiazole rings is 1. The zero-order valence-corrected chi connectivity index (χ0v) is 16.1. The molecule has 2 saturated heterocycles. The molecular weight excluding hydrogens is 366 g/mol. The molecular formula is C19H21N3O4S. The average Bonchev–Trinajstić information content (AvgIpc) is 3.32. The van der Waals surface area contributed by atoms with Crippen molar-refractivity contribution >= 4 is 23.3 Å². The van der Waals surface area contributed by atoms with E-state index in [2.05, 4.69) is 4.98 Å². The minimum absolute atomic E-state index is 0.0167. The third-order valence-corrected chi connectivity index (χ3v) is 5.83. The van der Waals surface area contributed by atoms with Crippen LogP contribution >= 0.6 is 11.3 Å². The Morgan fingerprint density at radius 2 is 2.19 bits per heavy atom. The summed E-state index contributed by atoms with van der Waals surface area (Å²) in [7, 11) is 1.61. The molecule has 142 valence electrons. The van der Waals surface area contributed by atoms with Gasteiger partial charge in [-0.1, -0.05) is 18.2 Å². The zero-order valence-electron chi connectivity index (χ0n) is 15.3. The summed E-state index contributed by atoms with van der Waals surface area (Å²) in [4.78, 5) is 32.8. The Bertz CT molecular complexity index is 868. The van der Waals surface area contributed by atoms with Crippen LogP contribution in [0.25, 0.3) is 0 Å². The van der Waals surface area contributed by atoms with Gasteiger partial charge in [0.05, 0.1) is 43.4 Å². The number of aromatic nitrogens is 1. The van der Waals surface area contributed by atoms with Gasteiger partial charge >= 0.3 is 6.09 Å². The van der Waals surface area contributed by atoms with Crippen LogP contribution in [0, 0.1) is 6.92 Å². The van der Waals surface area contributed by atoms with Crippen LogP contribution in [-0.2, 0) is 22.5 Å². The van der Waals surface area contributed by atoms with Crippen LogP contribution in [0.2, 0.25) is 0 Å². The molecule has 0 unspecified atom stereocenters. The molecule has 0 aliphatic carbocycles. The number of likely N-dealkylation sites (tertiary alicyclic amines) is 1. The van der Waals surface area contributed by atoms with Crippen molar-refractivity contribution in [2.75, 3.05) is 20.2 Å². The SMILES string of the molecule is COc1ccccc1CN1C(=O)O[C@@H]2CN(C(=O)Cc3csc(C)n3)C[C@@H]21. The van der Waals surface area contributed by atoms with Crippen molar-refractivity contribution in [3.63, 3.8) is 0 Å². The molecule has 3 heterocycles. The summed E-state index contributed by atoms with van der Waals surface area (Å²) in [6, 6.07) is 7.47. The Morgan fingerprint density at radius 1 is 1.37 bits per heavy atom. The summed E-state index contributed by atoms with van der Waals surface area (Å²) in [6.07, 6.45) is -0.337. The zero-order chi connectivity index (χ0) is 19.0. The quantitative estimate of drug-likeness (QED) is 0.787. The summed E-state index contributed by atoms with van der Waals surface area (Å²) in [5.41, 5.74) is 1.71. The lowest BCUT2D eigenvalue weighted by Gasteiger charge is -2.23. The fourth-order valence-corrected chi connectivity index (χ4v) is 4.28. The van der Waals surface area contributed by atoms with Gasteiger partial charge in [-0.3, -0.25) is 9.69 Å². The summed E-state index contributed by atoms with van der Waals surface area (Å²) >= 11 is 1.54. The maximum absolute atomic E-state index is 12.6. The van der Waals surface area contributed by atoms with Crippen LogP contribution in [0.4, 0.5) is 4.79 Å². The van der Waals surface area contributed by atoms with Gasteiger partial charge in [-0.15, -0.1) is 11.3 Å². The fourth-order valence-electron chi connectivity index (χ4n) is 3.66. The van der Waals surface area contributed by atoms with Crippen molar-refractivity contribution in [2.24, 2.45) is 0 Å². The van der Waals surface area contributed by atoms with Gasteiger partial charge in [0, 0.05) is 17.5 Å². The molecule has 2 fully saturated rings. The van der Waals surface area contributed by atoms with Crippen LogP contribution < -0.4 is 4.74 Å². The third kappa shape index (κ3) is 3.49. The number of benzene rings is 1. The van der Waals surface area contributed by atoms with E-state index in [1.54, 1.807) is 16.9 Å². The molecule has 7 nitrogen and oxygen atoms in total. The predicted octanol–water partition coefficient (Wildman–Crippen LogP) is 2.23. The van der Waals surface area contributed by atoms with E-state index < -0.39 is 0 Å². The van der Waals surface area contributed by atoms with Crippen molar-refractivity contribution in [3.8, 4) is 5.75 Å². The van der Waals surface area contributed by atoms with E-state index in [9.17, 15) is 9.59 Å². The Balaban J connectivity index is 1.44. The van der Waals surface area contributed by atoms with Gasteiger partial charge in [-0.2, -0.15) is 0 Å². The number of carbonyl (C=O) groups is 2. The first kappa shape index (κ1) is 17.8. The maximum Gasteiger partial charge on any atom is 0.410 e. The van der Waals surface area contributed by atoms with E-state index >= 15 is 0 Å². The number of hydrogen-bond acceptors (Lipinski definition) is 6. The molecule has 0 saturated carbocycles. The largest absolute Gasteiger partial charge is 0.496 e. The molecule has 4 rings (SSSR count). The topological polar surface area (TPSA) is 72.0 Å². The summed E-state index contributed by atoms with van der Waals surface area (Å²) < 4.78 is 10.9. The van der Waals surface area contributed by atoms with Crippen LogP contribution in [0.1, 0.15) is 16.3 Å². The van der Waals surface area contributed by atoms with Crippen molar-refractivity contribution < 1.29 is 19.1 Å². The van der Waals surface area contributed by atoms with Gasteiger partial charge in [0.1, 0.15) is 11.9 Å². The average molecular weight is 387 g/mol. The first-order valence-corrected chi connectivity index (χ1v) is 9.71. The van der Waals surface area contributed by atoms with E-state index in [0.717, 1.165) is 22.0 Å². The fraction of sp³-hybridized carbons (Fsp3) is 0.421. The molecule has 8 heteroatoms. The number of fused-ring (bicyclic) bond motifs is 1. The third-order valence-electron chi connectivity index (χ3n) is 5.01. The maximum atomic E-state index is 12.6. The molecule has 27 heavy (non-hydrogen) atoms. The molecule has 2 aliphatic rings. The second-order valence-corrected chi connectivity index (χ2v) is 7.82. The minimum atomic E-state index is -0.335. The number of aryl methyl sites for hydroxylation is 1. The second kappa shape index (κ2) is 7.19. The molecule has 1 aromatic heterocycles. The molecule has 1 aromatic carbocycles. The molecule has 0 N–H and O–H groups in total. The van der Waals surface area contributed by atoms with E-state index in [1.165, 1.54) is 11.3 Å². The number of carbonyl (C=O) groups excluding carboxylic acids is 2. The number of nitrogens with zero attached hydrogens (tertiary/aromatic N) is 3. The first-order chi connectivity index (χ1) is 13.0. The number of rotatable bonds is 5. The lowest BCUT2D eigenvalue weighted by molar-refractivity contribution is -0.130. The van der Waals surface area contributed by atoms with Crippen LogP contribution in [0.5, 0.6) is 5.75 Å². The number of hydrogen-bond donors (Lipinski definition) is 0. The smallest absolute Gasteiger partial charge is 0.410 e. The number of para-hydroxylation sites is 1. The Kier molecular flexibility index (Phi) is 4.73. The van der Waals surface area contributed by atoms with E-state index in [1.807, 2.05) is 36.6 Å². The van der Waals surface area contributed by atoms with Crippen molar-refractivity contribution in [1.29, 1.82) is 0 Å². The highest BCUT2D eigenvalue weighted by atomic mass is 32.1. The van der Waals surface area contributed by atoms with Crippen LogP contribution in [0.3, 0.4) is 0 Å². The lowest BCUT2D eigenvalue weighted by atomic mass is 10.1. The molecule has 0 radical (unpaired) electrons. The molecule has 0 bridgehead atoms. The normalized spacial score (nSPS) is 21.3. The van der Waals surface area contributed by atoms with E-state index in [-0.39, 0.29) is 30.6 Å². The second-order valence-electron chi connectivity index (χ2n) is 6.76. The highest BCUT2D eigenvalue weighted by molar-refractivity contribution is 7.09. The number of ether oxygens (including phenoxy) is 2. The van der Waals surface area contributed by atoms with Crippen molar-refractivity contribution in [1.82, 2.24) is 14.8 Å². The molecule has 2 aliphatic heterocycles. The van der Waals surface area contributed by atoms with Crippen LogP contribution in [-0.4, -0.2) is 59.1 Å². The van der Waals surface area contributed by atoms with Gasteiger partial charge in [-0.05, 0) is 13.0 Å². The van der Waals surface area contributed by atoms with Gasteiger partial charge in [0.2, 0.25) is 5.91 Å². The minimum Gasteiger partial charge on any atom is -0.496 e. The highest BCUT2D eigenvalue weighted by Crippen LogP contribution is 2.30. The monoisotopic (exact) mass is 387 g/mol. The van der Waals surface area contributed by atoms with Gasteiger partial charge < -0.3 is 14.4 Å². The summed E-state index contributed by atoms with van der Waals surface area (Å²) in [5, 5.41) is 2.87. The Morgan fingerprint density at radius 3 is 2.93 bits per heavy atom. The predicted molar refractivity (Wildman–Crippen MR) is 99.7 cm³/mol. The van der Waals surface area contributed by atoms with Crippen molar-refractivity contribution in [2.45, 2.75) is 32.0 Å². The molecule has 2 aromatic rings. The Hall–Kier alpha value is -2.61. The van der Waals surface area contributed by atoms with Gasteiger partial charge in [-0.25, -0.2) is 9.78 Å². The molecule has 0 spiro atoms. The lowest BCUT2D eigenvalue weighted by Crippen LogP contribution is -2.39. The molecule has 2 amide bonds. The highest BCUT2D eigenvalue weighted by Gasteiger charge is 2.48. The standard InChI is InChI=1S/C19H21N3O4S/c1-12-20-14(11-27-12)7-18(23)21-9-15-17(10-21)26-19(24)22(15)8-13-5-3-4-6-16(13)25-2/h3-6,11,15,17H,7-10H2,1-2H3/t15-,17+/m0/s1. The van der Waals surface area contributed by atoms with Gasteiger partial charge in [0.25, 0.3) is 0 Å². The Labute approximate surface area is 161 Å². The van der Waals surface area contributed by atoms with Gasteiger partial charge in [0.15, 0.2) is 0 Å². The molecule has 2 atom stereocenters. The van der Waals surface area contributed by atoms with Crippen molar-refractivity contribution in [3.05, 3.63) is 45.9 Å². The van der Waals surface area contributed by atoms with E-state index in [4.69, 9.17) is 9.47 Å². The number of methoxy groups -OCH3 is 1. The summed E-state index contributed by atoms with van der Waals surface area (Å²) in [6.45, 7) is 3.24. The van der Waals surface area contributed by atoms with E-state index in [0.29, 0.717) is 19.6 Å². The summed E-state index contributed by atoms with van der Waals surface area (Å²) in [5.74, 6) is 0.751. The van der Waals surface area contributed by atoms with Crippen LogP contribution in [0.15, 0.2) is 29.6 Å². The number of amides is 2. The first-order valence-electron chi connectivity index (χ1n) is 8.83.